The van der Waals surface area contributed by atoms with Gasteiger partial charge in [0.1, 0.15) is 11.5 Å². The molecule has 2 heterocycles. The van der Waals surface area contributed by atoms with Gasteiger partial charge in [-0.1, -0.05) is 13.8 Å². The molecule has 20 heavy (non-hydrogen) atoms. The molecule has 1 aromatic heterocycles. The van der Waals surface area contributed by atoms with Crippen LogP contribution < -0.4 is 11.3 Å². The minimum atomic E-state index is -0.301. The predicted molar refractivity (Wildman–Crippen MR) is 81.5 cm³/mol. The second-order valence-electron chi connectivity index (χ2n) is 5.79. The average Bonchev–Trinajstić information content (AvgIpc) is 2.66. The van der Waals surface area contributed by atoms with Crippen molar-refractivity contribution in [2.75, 3.05) is 18.8 Å². The predicted octanol–water partition coefficient (Wildman–Crippen LogP) is 1.91. The first-order valence-electron chi connectivity index (χ1n) is 6.88. The first kappa shape index (κ1) is 15.4. The summed E-state index contributed by atoms with van der Waals surface area (Å²) in [6, 6.07) is 1.79. The summed E-state index contributed by atoms with van der Waals surface area (Å²) in [7, 11) is 0. The van der Waals surface area contributed by atoms with Crippen molar-refractivity contribution in [3.63, 3.8) is 0 Å². The maximum atomic E-state index is 11.6. The monoisotopic (exact) mass is 297 g/mol. The molecule has 0 radical (unpaired) electrons. The third-order valence-corrected chi connectivity index (χ3v) is 5.03. The number of rotatable bonds is 3. The summed E-state index contributed by atoms with van der Waals surface area (Å²) in [5.41, 5.74) is 2.66. The summed E-state index contributed by atoms with van der Waals surface area (Å²) >= 11 is 2.02. The highest BCUT2D eigenvalue weighted by Gasteiger charge is 2.24. The molecule has 1 saturated heterocycles. The van der Waals surface area contributed by atoms with E-state index in [-0.39, 0.29) is 5.91 Å². The topological polar surface area (TPSA) is 71.5 Å². The number of amides is 1. The van der Waals surface area contributed by atoms with E-state index in [0.717, 1.165) is 37.6 Å². The minimum Gasteiger partial charge on any atom is -0.464 e. The molecule has 0 aromatic carbocycles. The highest BCUT2D eigenvalue weighted by molar-refractivity contribution is 8.00. The van der Waals surface area contributed by atoms with Crippen molar-refractivity contribution in [1.82, 2.24) is 10.3 Å². The van der Waals surface area contributed by atoms with E-state index in [4.69, 9.17) is 10.3 Å². The summed E-state index contributed by atoms with van der Waals surface area (Å²) in [4.78, 5) is 13.9. The molecule has 112 valence electrons. The number of carbonyl (C=O) groups excluding carboxylic acids is 1. The number of aryl methyl sites for hydroxylation is 1. The fourth-order valence-corrected chi connectivity index (χ4v) is 3.50. The lowest BCUT2D eigenvalue weighted by Gasteiger charge is -2.22. The lowest BCUT2D eigenvalue weighted by atomic mass is 10.1. The lowest BCUT2D eigenvalue weighted by Crippen LogP contribution is -2.30. The van der Waals surface area contributed by atoms with E-state index in [1.165, 1.54) is 0 Å². The van der Waals surface area contributed by atoms with Gasteiger partial charge in [0.2, 0.25) is 0 Å². The fraction of sp³-hybridized carbons (Fsp3) is 0.643. The van der Waals surface area contributed by atoms with Crippen molar-refractivity contribution in [2.24, 2.45) is 5.84 Å². The van der Waals surface area contributed by atoms with Gasteiger partial charge < -0.3 is 4.42 Å². The van der Waals surface area contributed by atoms with Gasteiger partial charge in [0.05, 0.1) is 12.1 Å². The molecule has 6 heteroatoms. The largest absolute Gasteiger partial charge is 0.464 e. The van der Waals surface area contributed by atoms with E-state index in [1.54, 1.807) is 13.0 Å². The Labute approximate surface area is 124 Å². The van der Waals surface area contributed by atoms with Crippen LogP contribution in [-0.2, 0) is 6.54 Å². The third-order valence-electron chi connectivity index (χ3n) is 3.65. The van der Waals surface area contributed by atoms with Crippen LogP contribution in [0.25, 0.3) is 0 Å². The van der Waals surface area contributed by atoms with E-state index in [1.807, 2.05) is 11.8 Å². The maximum absolute atomic E-state index is 11.6. The van der Waals surface area contributed by atoms with Crippen LogP contribution in [0, 0.1) is 6.92 Å². The highest BCUT2D eigenvalue weighted by atomic mass is 32.2. The quantitative estimate of drug-likeness (QED) is 0.506. The second kappa shape index (κ2) is 6.20. The van der Waals surface area contributed by atoms with Crippen molar-refractivity contribution in [3.8, 4) is 0 Å². The first-order valence-corrected chi connectivity index (χ1v) is 7.86. The van der Waals surface area contributed by atoms with Crippen LogP contribution in [-0.4, -0.2) is 34.4 Å². The van der Waals surface area contributed by atoms with Crippen LogP contribution in [0.3, 0.4) is 0 Å². The van der Waals surface area contributed by atoms with Crippen molar-refractivity contribution in [3.05, 3.63) is 23.2 Å². The van der Waals surface area contributed by atoms with Crippen molar-refractivity contribution in [2.45, 2.75) is 38.5 Å². The van der Waals surface area contributed by atoms with Crippen molar-refractivity contribution >= 4 is 17.7 Å². The van der Waals surface area contributed by atoms with Crippen molar-refractivity contribution < 1.29 is 9.21 Å². The Hall–Kier alpha value is -0.980. The molecule has 1 amide bonds. The van der Waals surface area contributed by atoms with Gasteiger partial charge in [-0.2, -0.15) is 11.8 Å². The number of furan rings is 1. The molecule has 0 spiro atoms. The molecule has 0 bridgehead atoms. The second-order valence-corrected chi connectivity index (χ2v) is 7.59. The number of nitrogens with one attached hydrogen (secondary N) is 1. The number of nitrogens with zero attached hydrogens (tertiary/aromatic N) is 1. The fourth-order valence-electron chi connectivity index (χ4n) is 2.37. The number of hydrogen-bond donors (Lipinski definition) is 2. The van der Waals surface area contributed by atoms with E-state index in [2.05, 4.69) is 24.2 Å². The van der Waals surface area contributed by atoms with Gasteiger partial charge >= 0.3 is 0 Å². The SMILES string of the molecule is Cc1oc(CN2CCSC(C)(C)CC2)cc1C(=O)NN. The molecule has 0 unspecified atom stereocenters. The summed E-state index contributed by atoms with van der Waals surface area (Å²) < 4.78 is 6.01. The molecule has 1 fully saturated rings. The van der Waals surface area contributed by atoms with E-state index < -0.39 is 0 Å². The zero-order chi connectivity index (χ0) is 14.8. The van der Waals surface area contributed by atoms with Gasteiger partial charge in [0.25, 0.3) is 5.91 Å². The summed E-state index contributed by atoms with van der Waals surface area (Å²) in [5.74, 6) is 7.43. The molecule has 0 aliphatic carbocycles. The molecular weight excluding hydrogens is 274 g/mol. The molecule has 5 nitrogen and oxygen atoms in total. The third kappa shape index (κ3) is 3.77. The van der Waals surface area contributed by atoms with Crippen LogP contribution in [0.4, 0.5) is 0 Å². The van der Waals surface area contributed by atoms with Gasteiger partial charge in [-0.05, 0) is 26.0 Å². The van der Waals surface area contributed by atoms with E-state index in [0.29, 0.717) is 16.1 Å². The Balaban J connectivity index is 2.01. The summed E-state index contributed by atoms with van der Waals surface area (Å²) in [5, 5.41) is 0. The van der Waals surface area contributed by atoms with Crippen molar-refractivity contribution in [1.29, 1.82) is 0 Å². The molecule has 2 rings (SSSR count). The van der Waals surface area contributed by atoms with Crippen LogP contribution in [0.5, 0.6) is 0 Å². The Kier molecular flexibility index (Phi) is 4.78. The Morgan fingerprint density at radius 3 is 3.00 bits per heavy atom. The zero-order valence-corrected chi connectivity index (χ0v) is 13.2. The number of thioether (sulfide) groups is 1. The summed E-state index contributed by atoms with van der Waals surface area (Å²) in [6.45, 7) is 9.22. The molecule has 1 aliphatic rings. The molecule has 3 N–H and O–H groups in total. The number of nitrogens with two attached hydrogens (primary N) is 1. The summed E-state index contributed by atoms with van der Waals surface area (Å²) in [6.07, 6.45) is 1.16. The smallest absolute Gasteiger partial charge is 0.268 e. The lowest BCUT2D eigenvalue weighted by molar-refractivity contribution is 0.0952. The van der Waals surface area contributed by atoms with Crippen LogP contribution in [0.2, 0.25) is 0 Å². The Morgan fingerprint density at radius 1 is 1.55 bits per heavy atom. The van der Waals surface area contributed by atoms with E-state index in [9.17, 15) is 4.79 Å². The number of nitrogen functional groups attached to an aromatic ring is 1. The van der Waals surface area contributed by atoms with Crippen LogP contribution in [0.1, 0.15) is 42.1 Å². The van der Waals surface area contributed by atoms with Gasteiger partial charge in [-0.15, -0.1) is 0 Å². The average molecular weight is 297 g/mol. The van der Waals surface area contributed by atoms with Gasteiger partial charge in [-0.3, -0.25) is 15.1 Å². The van der Waals surface area contributed by atoms with Crippen LogP contribution >= 0.6 is 11.8 Å². The molecular formula is C14H23N3O2S. The zero-order valence-electron chi connectivity index (χ0n) is 12.4. The van der Waals surface area contributed by atoms with E-state index >= 15 is 0 Å². The number of hydrogen-bond acceptors (Lipinski definition) is 5. The van der Waals surface area contributed by atoms with Gasteiger partial charge in [0, 0.05) is 17.0 Å². The van der Waals surface area contributed by atoms with Crippen LogP contribution in [0.15, 0.2) is 10.5 Å². The molecule has 1 aromatic rings. The number of hydrazine groups is 1. The molecule has 0 atom stereocenters. The minimum absolute atomic E-state index is 0.301. The van der Waals surface area contributed by atoms with Gasteiger partial charge in [0.15, 0.2) is 0 Å². The van der Waals surface area contributed by atoms with Gasteiger partial charge in [-0.25, -0.2) is 5.84 Å². The number of carbonyl (C=O) groups is 1. The first-order chi connectivity index (χ1) is 9.41. The molecule has 0 saturated carbocycles. The maximum Gasteiger partial charge on any atom is 0.268 e. The highest BCUT2D eigenvalue weighted by Crippen LogP contribution is 2.31. The molecule has 1 aliphatic heterocycles. The standard InChI is InChI=1S/C14H23N3O2S/c1-10-12(13(18)16-15)8-11(19-10)9-17-5-4-14(2,3)20-7-6-17/h8H,4-7,9,15H2,1-3H3,(H,16,18). The Morgan fingerprint density at radius 2 is 2.30 bits per heavy atom. The normalized spacial score (nSPS) is 19.6. The Bertz CT molecular complexity index is 485.